The molecule has 3 rings (SSSR count). The molecule has 0 spiro atoms. The molecule has 3 aromatic rings. The summed E-state index contributed by atoms with van der Waals surface area (Å²) in [7, 11) is 0. The molecule has 0 bridgehead atoms. The first-order chi connectivity index (χ1) is 12.6. The lowest BCUT2D eigenvalue weighted by Gasteiger charge is -2.10. The molecule has 0 saturated heterocycles. The third-order valence-electron chi connectivity index (χ3n) is 3.61. The predicted molar refractivity (Wildman–Crippen MR) is 105 cm³/mol. The van der Waals surface area contributed by atoms with Crippen LogP contribution in [-0.2, 0) is 6.54 Å². The Kier molecular flexibility index (Phi) is 5.53. The van der Waals surface area contributed by atoms with Gasteiger partial charge in [-0.2, -0.15) is 0 Å². The summed E-state index contributed by atoms with van der Waals surface area (Å²) in [5.74, 6) is 1.92. The smallest absolute Gasteiger partial charge is 0.193 e. The molecule has 26 heavy (non-hydrogen) atoms. The molecule has 6 heteroatoms. The zero-order valence-electron chi connectivity index (χ0n) is 14.9. The monoisotopic (exact) mass is 349 g/mol. The van der Waals surface area contributed by atoms with E-state index in [4.69, 9.17) is 10.5 Å². The fourth-order valence-corrected chi connectivity index (χ4v) is 2.44. The minimum absolute atomic E-state index is 0.148. The van der Waals surface area contributed by atoms with E-state index in [1.807, 2.05) is 68.4 Å². The summed E-state index contributed by atoms with van der Waals surface area (Å²) in [5.41, 5.74) is 8.86. The van der Waals surface area contributed by atoms with Crippen molar-refractivity contribution in [3.8, 4) is 17.0 Å². The Hall–Kier alpha value is -3.28. The summed E-state index contributed by atoms with van der Waals surface area (Å²) in [4.78, 5) is 11.9. The number of ether oxygens (including phenoxy) is 1. The van der Waals surface area contributed by atoms with E-state index in [0.29, 0.717) is 12.5 Å². The Bertz CT molecular complexity index is 853. The van der Waals surface area contributed by atoms with Crippen LogP contribution in [-0.4, -0.2) is 22.0 Å². The van der Waals surface area contributed by atoms with E-state index in [1.165, 1.54) is 0 Å². The van der Waals surface area contributed by atoms with Gasteiger partial charge in [-0.25, -0.2) is 9.98 Å². The van der Waals surface area contributed by atoms with Crippen LogP contribution in [0.2, 0.25) is 0 Å². The van der Waals surface area contributed by atoms with Crippen molar-refractivity contribution < 1.29 is 4.74 Å². The molecule has 0 unspecified atom stereocenters. The molecule has 2 aromatic carbocycles. The second kappa shape index (κ2) is 8.20. The van der Waals surface area contributed by atoms with Crippen molar-refractivity contribution in [3.63, 3.8) is 0 Å². The molecule has 1 heterocycles. The Balaban J connectivity index is 1.58. The number of guanidine groups is 1. The number of imidazole rings is 1. The summed E-state index contributed by atoms with van der Waals surface area (Å²) in [6.45, 7) is 4.36. The second-order valence-corrected chi connectivity index (χ2v) is 6.13. The lowest BCUT2D eigenvalue weighted by molar-refractivity contribution is 0.242. The molecule has 0 amide bonds. The van der Waals surface area contributed by atoms with Crippen molar-refractivity contribution in [2.45, 2.75) is 26.5 Å². The zero-order chi connectivity index (χ0) is 18.4. The lowest BCUT2D eigenvalue weighted by atomic mass is 10.2. The Morgan fingerprint density at radius 1 is 1.15 bits per heavy atom. The quantitative estimate of drug-likeness (QED) is 0.467. The van der Waals surface area contributed by atoms with Crippen molar-refractivity contribution in [1.29, 1.82) is 0 Å². The minimum atomic E-state index is 0.148. The molecule has 6 nitrogen and oxygen atoms in total. The number of hydrogen-bond donors (Lipinski definition) is 3. The maximum atomic E-state index is 5.96. The van der Waals surface area contributed by atoms with Gasteiger partial charge >= 0.3 is 0 Å². The van der Waals surface area contributed by atoms with E-state index in [2.05, 4.69) is 20.3 Å². The van der Waals surface area contributed by atoms with Gasteiger partial charge in [0, 0.05) is 5.69 Å². The van der Waals surface area contributed by atoms with Crippen molar-refractivity contribution in [2.24, 2.45) is 10.7 Å². The van der Waals surface area contributed by atoms with Crippen molar-refractivity contribution >= 4 is 11.6 Å². The van der Waals surface area contributed by atoms with Gasteiger partial charge in [0.15, 0.2) is 5.96 Å². The van der Waals surface area contributed by atoms with Gasteiger partial charge in [-0.05, 0) is 43.7 Å². The normalized spacial score (nSPS) is 11.6. The van der Waals surface area contributed by atoms with Crippen molar-refractivity contribution in [3.05, 3.63) is 66.6 Å². The minimum Gasteiger partial charge on any atom is -0.491 e. The van der Waals surface area contributed by atoms with Crippen LogP contribution < -0.4 is 15.8 Å². The number of anilines is 1. The van der Waals surface area contributed by atoms with E-state index in [-0.39, 0.29) is 6.10 Å². The van der Waals surface area contributed by atoms with Gasteiger partial charge in [-0.3, -0.25) is 0 Å². The molecular formula is C20H23N5O. The number of nitrogens with one attached hydrogen (secondary N) is 2. The maximum absolute atomic E-state index is 5.96. The highest BCUT2D eigenvalue weighted by Crippen LogP contribution is 2.17. The van der Waals surface area contributed by atoms with Crippen molar-refractivity contribution in [2.75, 3.05) is 5.32 Å². The summed E-state index contributed by atoms with van der Waals surface area (Å²) in [6, 6.07) is 17.6. The lowest BCUT2D eigenvalue weighted by Crippen LogP contribution is -2.22. The van der Waals surface area contributed by atoms with Crippen LogP contribution in [0, 0.1) is 0 Å². The highest BCUT2D eigenvalue weighted by molar-refractivity contribution is 5.92. The fourth-order valence-electron chi connectivity index (χ4n) is 2.44. The van der Waals surface area contributed by atoms with E-state index in [9.17, 15) is 0 Å². The maximum Gasteiger partial charge on any atom is 0.193 e. The molecule has 0 aliphatic carbocycles. The largest absolute Gasteiger partial charge is 0.491 e. The summed E-state index contributed by atoms with van der Waals surface area (Å²) >= 11 is 0. The summed E-state index contributed by atoms with van der Waals surface area (Å²) in [6.07, 6.45) is 1.95. The van der Waals surface area contributed by atoms with Crippen LogP contribution in [0.15, 0.2) is 65.8 Å². The third-order valence-corrected chi connectivity index (χ3v) is 3.61. The van der Waals surface area contributed by atoms with Gasteiger partial charge in [-0.15, -0.1) is 0 Å². The van der Waals surface area contributed by atoms with Gasteiger partial charge in [0.25, 0.3) is 0 Å². The van der Waals surface area contributed by atoms with Gasteiger partial charge in [0.2, 0.25) is 0 Å². The Morgan fingerprint density at radius 2 is 1.88 bits per heavy atom. The van der Waals surface area contributed by atoms with E-state index in [0.717, 1.165) is 28.5 Å². The first kappa shape index (κ1) is 17.5. The molecule has 0 aliphatic heterocycles. The van der Waals surface area contributed by atoms with E-state index >= 15 is 0 Å². The second-order valence-electron chi connectivity index (χ2n) is 6.13. The topological polar surface area (TPSA) is 88.3 Å². The van der Waals surface area contributed by atoms with Crippen LogP contribution in [0.5, 0.6) is 5.75 Å². The molecule has 0 atom stereocenters. The summed E-state index contributed by atoms with van der Waals surface area (Å²) < 4.78 is 5.62. The number of hydrogen-bond acceptors (Lipinski definition) is 3. The van der Waals surface area contributed by atoms with Gasteiger partial charge in [0.1, 0.15) is 18.1 Å². The number of aliphatic imine (C=N–C) groups is 1. The fraction of sp³-hybridized carbons (Fsp3) is 0.200. The Labute approximate surface area is 153 Å². The number of rotatable bonds is 6. The third kappa shape index (κ3) is 4.86. The van der Waals surface area contributed by atoms with E-state index in [1.54, 1.807) is 6.20 Å². The molecule has 134 valence electrons. The average molecular weight is 349 g/mol. The van der Waals surface area contributed by atoms with Crippen LogP contribution >= 0.6 is 0 Å². The van der Waals surface area contributed by atoms with Crippen LogP contribution in [0.4, 0.5) is 5.69 Å². The molecular weight excluding hydrogens is 326 g/mol. The zero-order valence-corrected chi connectivity index (χ0v) is 14.9. The number of aromatic amines is 1. The molecule has 4 N–H and O–H groups in total. The predicted octanol–water partition coefficient (Wildman–Crippen LogP) is 3.79. The number of benzene rings is 2. The van der Waals surface area contributed by atoms with Crippen LogP contribution in [0.25, 0.3) is 11.3 Å². The molecule has 0 radical (unpaired) electrons. The van der Waals surface area contributed by atoms with Gasteiger partial charge in [0.05, 0.1) is 18.0 Å². The molecule has 0 aliphatic rings. The standard InChI is InChI=1S/C20H23N5O/c1-14(2)26-17-10-8-16(9-11-17)24-20(21)23-13-19-22-12-18(25-19)15-6-4-3-5-7-15/h3-12,14H,13H2,1-2H3,(H,22,25)(H3,21,23,24). The van der Waals surface area contributed by atoms with Crippen LogP contribution in [0.3, 0.4) is 0 Å². The highest BCUT2D eigenvalue weighted by atomic mass is 16.5. The summed E-state index contributed by atoms with van der Waals surface area (Å²) in [5, 5.41) is 3.06. The molecule has 0 saturated carbocycles. The highest BCUT2D eigenvalue weighted by Gasteiger charge is 2.03. The average Bonchev–Trinajstić information content (AvgIpc) is 3.11. The number of nitrogens with zero attached hydrogens (tertiary/aromatic N) is 2. The SMILES string of the molecule is CC(C)Oc1ccc(NC(N)=NCc2ncc(-c3ccccc3)[nH]2)cc1. The van der Waals surface area contributed by atoms with E-state index < -0.39 is 0 Å². The molecule has 0 fully saturated rings. The first-order valence-electron chi connectivity index (χ1n) is 8.53. The van der Waals surface area contributed by atoms with Crippen molar-refractivity contribution in [1.82, 2.24) is 9.97 Å². The Morgan fingerprint density at radius 3 is 2.58 bits per heavy atom. The van der Waals surface area contributed by atoms with Crippen LogP contribution in [0.1, 0.15) is 19.7 Å². The molecule has 1 aromatic heterocycles. The number of nitrogens with two attached hydrogens (primary N) is 1. The van der Waals surface area contributed by atoms with Gasteiger partial charge in [-0.1, -0.05) is 30.3 Å². The van der Waals surface area contributed by atoms with Gasteiger partial charge < -0.3 is 20.8 Å². The number of H-pyrrole nitrogens is 1. The first-order valence-corrected chi connectivity index (χ1v) is 8.53. The number of aromatic nitrogens is 2.